The van der Waals surface area contributed by atoms with Crippen LogP contribution in [0.5, 0.6) is 0 Å². The standard InChI is InChI=1S/C26H34ClN5O2/c1-16-13-20(33)23-21(16)24(29-15-28-23)31-9-11-32(12-10-31)25(34)22(17-5-4-6-18(27)14-17)19-7-8-26(2,3)30-19/h4-6,14-16,19-20,22,30,33H,7-13H2,1-3H3/t16-,19?,20-,22?/m1/s1. The van der Waals surface area contributed by atoms with Crippen LogP contribution in [0.2, 0.25) is 5.02 Å². The van der Waals surface area contributed by atoms with E-state index in [0.717, 1.165) is 35.5 Å². The van der Waals surface area contributed by atoms with E-state index in [1.165, 1.54) is 0 Å². The number of hydrogen-bond acceptors (Lipinski definition) is 6. The highest BCUT2D eigenvalue weighted by atomic mass is 35.5. The molecule has 34 heavy (non-hydrogen) atoms. The summed E-state index contributed by atoms with van der Waals surface area (Å²) in [6.45, 7) is 9.22. The Morgan fingerprint density at radius 1 is 1.24 bits per heavy atom. The molecule has 0 spiro atoms. The Labute approximate surface area is 206 Å². The van der Waals surface area contributed by atoms with Crippen LogP contribution in [0.1, 0.15) is 74.8 Å². The molecule has 5 rings (SSSR count). The number of benzene rings is 1. The second kappa shape index (κ2) is 9.10. The van der Waals surface area contributed by atoms with Crippen molar-refractivity contribution in [3.8, 4) is 0 Å². The predicted molar refractivity (Wildman–Crippen MR) is 133 cm³/mol. The number of hydrogen-bond donors (Lipinski definition) is 2. The van der Waals surface area contributed by atoms with Crippen LogP contribution in [-0.4, -0.2) is 63.6 Å². The van der Waals surface area contributed by atoms with E-state index >= 15 is 0 Å². The molecule has 1 aromatic heterocycles. The molecule has 182 valence electrons. The first-order valence-corrected chi connectivity index (χ1v) is 12.7. The summed E-state index contributed by atoms with van der Waals surface area (Å²) >= 11 is 6.32. The van der Waals surface area contributed by atoms with E-state index in [0.29, 0.717) is 37.6 Å². The highest BCUT2D eigenvalue weighted by Gasteiger charge is 2.41. The third-order valence-electron chi connectivity index (χ3n) is 7.70. The van der Waals surface area contributed by atoms with Gasteiger partial charge in [-0.25, -0.2) is 9.97 Å². The van der Waals surface area contributed by atoms with Crippen molar-refractivity contribution >= 4 is 23.3 Å². The molecule has 4 atom stereocenters. The molecule has 0 saturated carbocycles. The second-order valence-corrected chi connectivity index (χ2v) is 11.1. The molecule has 1 aliphatic carbocycles. The third-order valence-corrected chi connectivity index (χ3v) is 7.94. The minimum atomic E-state index is -0.517. The van der Waals surface area contributed by atoms with E-state index in [1.807, 2.05) is 29.2 Å². The third kappa shape index (κ3) is 4.41. The minimum absolute atomic E-state index is 0.0229. The maximum Gasteiger partial charge on any atom is 0.231 e. The topological polar surface area (TPSA) is 81.6 Å². The fourth-order valence-electron chi connectivity index (χ4n) is 5.95. The number of fused-ring (bicyclic) bond motifs is 1. The van der Waals surface area contributed by atoms with Crippen molar-refractivity contribution in [2.45, 2.75) is 69.6 Å². The lowest BCUT2D eigenvalue weighted by Gasteiger charge is -2.39. The number of piperazine rings is 1. The molecular weight excluding hydrogens is 450 g/mol. The maximum absolute atomic E-state index is 13.9. The number of amides is 1. The Hall–Kier alpha value is -2.22. The Kier molecular flexibility index (Phi) is 6.29. The van der Waals surface area contributed by atoms with Gasteiger partial charge < -0.3 is 20.2 Å². The Morgan fingerprint density at radius 3 is 2.68 bits per heavy atom. The fourth-order valence-corrected chi connectivity index (χ4v) is 6.15. The smallest absolute Gasteiger partial charge is 0.231 e. The molecule has 3 heterocycles. The van der Waals surface area contributed by atoms with Gasteiger partial charge in [0.15, 0.2) is 0 Å². The Bertz CT molecular complexity index is 1070. The molecular formula is C26H34ClN5O2. The molecule has 0 radical (unpaired) electrons. The number of carbonyl (C=O) groups is 1. The molecule has 2 fully saturated rings. The van der Waals surface area contributed by atoms with Crippen LogP contribution in [0.3, 0.4) is 0 Å². The number of aromatic nitrogens is 2. The van der Waals surface area contributed by atoms with Gasteiger partial charge in [-0.2, -0.15) is 0 Å². The molecule has 2 unspecified atom stereocenters. The number of rotatable bonds is 4. The van der Waals surface area contributed by atoms with Crippen LogP contribution >= 0.6 is 11.6 Å². The van der Waals surface area contributed by atoms with E-state index in [2.05, 4.69) is 41.0 Å². The number of aliphatic hydroxyl groups excluding tert-OH is 1. The summed E-state index contributed by atoms with van der Waals surface area (Å²) in [6, 6.07) is 7.83. The van der Waals surface area contributed by atoms with E-state index in [-0.39, 0.29) is 29.3 Å². The molecule has 1 aromatic carbocycles. The zero-order valence-electron chi connectivity index (χ0n) is 20.2. The van der Waals surface area contributed by atoms with E-state index < -0.39 is 6.10 Å². The van der Waals surface area contributed by atoms with Crippen molar-refractivity contribution in [3.63, 3.8) is 0 Å². The van der Waals surface area contributed by atoms with Gasteiger partial charge in [-0.1, -0.05) is 30.7 Å². The zero-order valence-corrected chi connectivity index (χ0v) is 20.9. The molecule has 2 N–H and O–H groups in total. The number of halogens is 1. The van der Waals surface area contributed by atoms with E-state index in [4.69, 9.17) is 11.6 Å². The quantitative estimate of drug-likeness (QED) is 0.691. The average Bonchev–Trinajstić information content (AvgIpc) is 3.32. The van der Waals surface area contributed by atoms with Gasteiger partial charge in [0.1, 0.15) is 12.1 Å². The van der Waals surface area contributed by atoms with Crippen molar-refractivity contribution in [2.24, 2.45) is 0 Å². The number of anilines is 1. The van der Waals surface area contributed by atoms with Crippen molar-refractivity contribution in [2.75, 3.05) is 31.1 Å². The molecule has 3 aliphatic rings. The molecule has 7 nitrogen and oxygen atoms in total. The summed E-state index contributed by atoms with van der Waals surface area (Å²) in [4.78, 5) is 27.0. The normalized spacial score (nSPS) is 27.0. The summed E-state index contributed by atoms with van der Waals surface area (Å²) in [5.74, 6) is 1.04. The predicted octanol–water partition coefficient (Wildman–Crippen LogP) is 3.63. The fraction of sp³-hybridized carbons (Fsp3) is 0.577. The molecule has 8 heteroatoms. The van der Waals surface area contributed by atoms with Gasteiger partial charge in [0.2, 0.25) is 5.91 Å². The summed E-state index contributed by atoms with van der Waals surface area (Å²) in [5.41, 5.74) is 2.82. The Balaban J connectivity index is 1.34. The first-order chi connectivity index (χ1) is 16.2. The lowest BCUT2D eigenvalue weighted by Crippen LogP contribution is -2.53. The van der Waals surface area contributed by atoms with E-state index in [1.54, 1.807) is 6.33 Å². The van der Waals surface area contributed by atoms with Crippen molar-refractivity contribution in [3.05, 3.63) is 52.4 Å². The van der Waals surface area contributed by atoms with Crippen molar-refractivity contribution < 1.29 is 9.90 Å². The number of nitrogens with zero attached hydrogens (tertiary/aromatic N) is 4. The van der Waals surface area contributed by atoms with Crippen LogP contribution < -0.4 is 10.2 Å². The highest BCUT2D eigenvalue weighted by molar-refractivity contribution is 6.30. The minimum Gasteiger partial charge on any atom is -0.387 e. The Morgan fingerprint density at radius 2 is 2.00 bits per heavy atom. The summed E-state index contributed by atoms with van der Waals surface area (Å²) < 4.78 is 0. The van der Waals surface area contributed by atoms with Crippen LogP contribution in [-0.2, 0) is 4.79 Å². The summed E-state index contributed by atoms with van der Waals surface area (Å²) in [7, 11) is 0. The van der Waals surface area contributed by atoms with Crippen molar-refractivity contribution in [1.29, 1.82) is 0 Å². The van der Waals surface area contributed by atoms with Gasteiger partial charge in [-0.05, 0) is 56.7 Å². The van der Waals surface area contributed by atoms with Crippen LogP contribution in [0.15, 0.2) is 30.6 Å². The van der Waals surface area contributed by atoms with Gasteiger partial charge in [0, 0.05) is 48.3 Å². The summed E-state index contributed by atoms with van der Waals surface area (Å²) in [6.07, 6.45) is 3.72. The SMILES string of the molecule is C[C@@H]1C[C@@H](O)c2ncnc(N3CCN(C(=O)C(c4cccc(Cl)c4)C4CCC(C)(C)N4)CC3)c21. The lowest BCUT2D eigenvalue weighted by molar-refractivity contribution is -0.133. The van der Waals surface area contributed by atoms with Gasteiger partial charge >= 0.3 is 0 Å². The molecule has 2 saturated heterocycles. The lowest BCUT2D eigenvalue weighted by atomic mass is 9.88. The van der Waals surface area contributed by atoms with Crippen LogP contribution in [0, 0.1) is 0 Å². The first kappa shape index (κ1) is 23.5. The molecule has 1 amide bonds. The highest BCUT2D eigenvalue weighted by Crippen LogP contribution is 2.43. The van der Waals surface area contributed by atoms with Gasteiger partial charge in [-0.15, -0.1) is 0 Å². The van der Waals surface area contributed by atoms with E-state index in [9.17, 15) is 9.90 Å². The average molecular weight is 484 g/mol. The largest absolute Gasteiger partial charge is 0.387 e. The molecule has 2 aliphatic heterocycles. The summed E-state index contributed by atoms with van der Waals surface area (Å²) in [5, 5.41) is 14.7. The van der Waals surface area contributed by atoms with Crippen molar-refractivity contribution in [1.82, 2.24) is 20.2 Å². The number of aliphatic hydroxyl groups is 1. The number of carbonyl (C=O) groups excluding carboxylic acids is 1. The van der Waals surface area contributed by atoms with Crippen LogP contribution in [0.25, 0.3) is 0 Å². The second-order valence-electron chi connectivity index (χ2n) is 10.7. The molecule has 0 bridgehead atoms. The monoisotopic (exact) mass is 483 g/mol. The van der Waals surface area contributed by atoms with Gasteiger partial charge in [0.25, 0.3) is 0 Å². The van der Waals surface area contributed by atoms with Crippen LogP contribution in [0.4, 0.5) is 5.82 Å². The maximum atomic E-state index is 13.9. The first-order valence-electron chi connectivity index (χ1n) is 12.3. The van der Waals surface area contributed by atoms with Gasteiger partial charge in [0.05, 0.1) is 17.7 Å². The number of nitrogens with one attached hydrogen (secondary N) is 1. The van der Waals surface area contributed by atoms with Gasteiger partial charge in [-0.3, -0.25) is 4.79 Å². The zero-order chi connectivity index (χ0) is 24.0. The molecule has 2 aromatic rings.